The van der Waals surface area contributed by atoms with Crippen LogP contribution in [0.15, 0.2) is 42.9 Å². The van der Waals surface area contributed by atoms with E-state index in [0.717, 1.165) is 62.4 Å². The molecule has 0 aliphatic carbocycles. The van der Waals surface area contributed by atoms with Crippen LogP contribution in [0.3, 0.4) is 0 Å². The molecule has 1 amide bonds. The highest BCUT2D eigenvalue weighted by molar-refractivity contribution is 5.77. The second kappa shape index (κ2) is 10.8. The summed E-state index contributed by atoms with van der Waals surface area (Å²) in [6.45, 7) is 12.8. The second-order valence-electron chi connectivity index (χ2n) is 12.1. The zero-order valence-electron chi connectivity index (χ0n) is 23.4. The van der Waals surface area contributed by atoms with Gasteiger partial charge in [0, 0.05) is 44.0 Å². The van der Waals surface area contributed by atoms with Crippen molar-refractivity contribution in [3.8, 4) is 11.3 Å². The monoisotopic (exact) mass is 515 g/mol. The SMILES string of the molecule is Cc1cc(-c2ccnc(Nc3cnn([C@@H]4CCN(C)C4)c3)n2)ccc1CCC(=O)N1CCC(C(C)(C)C)C1. The number of likely N-dealkylation sites (tertiary alicyclic amines) is 2. The minimum atomic E-state index is 0.257. The van der Waals surface area contributed by atoms with Crippen molar-refractivity contribution in [3.05, 3.63) is 54.0 Å². The van der Waals surface area contributed by atoms with Crippen molar-refractivity contribution in [2.24, 2.45) is 11.3 Å². The number of carbonyl (C=O) groups excluding carboxylic acids is 1. The number of rotatable bonds is 7. The number of hydrogen-bond acceptors (Lipinski definition) is 6. The fraction of sp³-hybridized carbons (Fsp3) is 0.533. The van der Waals surface area contributed by atoms with E-state index in [2.05, 4.69) is 78.1 Å². The Bertz CT molecular complexity index is 1280. The number of hydrogen-bond donors (Lipinski definition) is 1. The maximum absolute atomic E-state index is 12.9. The quantitative estimate of drug-likeness (QED) is 0.472. The summed E-state index contributed by atoms with van der Waals surface area (Å²) in [5.74, 6) is 1.41. The number of amides is 1. The maximum atomic E-state index is 12.9. The molecule has 2 fully saturated rings. The molecule has 0 spiro atoms. The van der Waals surface area contributed by atoms with E-state index in [0.29, 0.717) is 24.3 Å². The lowest BCUT2D eigenvalue weighted by atomic mass is 9.80. The Balaban J connectivity index is 1.19. The fourth-order valence-corrected chi connectivity index (χ4v) is 5.67. The van der Waals surface area contributed by atoms with Gasteiger partial charge in [-0.1, -0.05) is 32.9 Å². The van der Waals surface area contributed by atoms with Gasteiger partial charge in [-0.2, -0.15) is 5.10 Å². The molecule has 1 unspecified atom stereocenters. The lowest BCUT2D eigenvalue weighted by molar-refractivity contribution is -0.130. The lowest BCUT2D eigenvalue weighted by Crippen LogP contribution is -2.31. The van der Waals surface area contributed by atoms with Crippen molar-refractivity contribution in [2.75, 3.05) is 38.5 Å². The van der Waals surface area contributed by atoms with Gasteiger partial charge in [0.15, 0.2) is 0 Å². The molecule has 1 aromatic carbocycles. The first-order chi connectivity index (χ1) is 18.2. The highest BCUT2D eigenvalue weighted by atomic mass is 16.2. The molecule has 2 aromatic heterocycles. The molecule has 38 heavy (non-hydrogen) atoms. The Morgan fingerprint density at radius 3 is 2.68 bits per heavy atom. The Hall–Kier alpha value is -3.26. The number of nitrogens with one attached hydrogen (secondary N) is 1. The van der Waals surface area contributed by atoms with E-state index in [1.54, 1.807) is 6.20 Å². The summed E-state index contributed by atoms with van der Waals surface area (Å²) >= 11 is 0. The molecule has 0 saturated carbocycles. The molecule has 8 nitrogen and oxygen atoms in total. The summed E-state index contributed by atoms with van der Waals surface area (Å²) < 4.78 is 2.04. The molecule has 1 N–H and O–H groups in total. The van der Waals surface area contributed by atoms with Crippen molar-refractivity contribution in [3.63, 3.8) is 0 Å². The minimum absolute atomic E-state index is 0.257. The third-order valence-corrected chi connectivity index (χ3v) is 8.27. The number of anilines is 2. The number of carbonyl (C=O) groups is 1. The third-order valence-electron chi connectivity index (χ3n) is 8.27. The van der Waals surface area contributed by atoms with Crippen LogP contribution in [0.25, 0.3) is 11.3 Å². The van der Waals surface area contributed by atoms with E-state index in [9.17, 15) is 4.79 Å². The predicted molar refractivity (Wildman–Crippen MR) is 151 cm³/mol. The van der Waals surface area contributed by atoms with Crippen molar-refractivity contribution in [1.82, 2.24) is 29.5 Å². The Morgan fingerprint density at radius 2 is 1.97 bits per heavy atom. The van der Waals surface area contributed by atoms with E-state index < -0.39 is 0 Å². The number of nitrogens with zero attached hydrogens (tertiary/aromatic N) is 6. The number of likely N-dealkylation sites (N-methyl/N-ethyl adjacent to an activating group) is 1. The molecule has 2 aliphatic rings. The molecule has 2 atom stereocenters. The van der Waals surface area contributed by atoms with Gasteiger partial charge in [-0.05, 0) is 74.4 Å². The van der Waals surface area contributed by atoms with E-state index in [4.69, 9.17) is 4.98 Å². The van der Waals surface area contributed by atoms with Crippen molar-refractivity contribution >= 4 is 17.5 Å². The van der Waals surface area contributed by atoms with Crippen LogP contribution in [0.1, 0.15) is 57.2 Å². The second-order valence-corrected chi connectivity index (χ2v) is 12.1. The molecule has 202 valence electrons. The summed E-state index contributed by atoms with van der Waals surface area (Å²) in [6, 6.07) is 8.73. The van der Waals surface area contributed by atoms with E-state index >= 15 is 0 Å². The van der Waals surface area contributed by atoms with E-state index in [1.807, 2.05) is 23.1 Å². The average Bonchev–Trinajstić information content (AvgIpc) is 3.64. The average molecular weight is 516 g/mol. The maximum Gasteiger partial charge on any atom is 0.227 e. The van der Waals surface area contributed by atoms with Crippen LogP contribution in [0, 0.1) is 18.3 Å². The van der Waals surface area contributed by atoms with Gasteiger partial charge in [0.1, 0.15) is 0 Å². The molecule has 0 radical (unpaired) electrons. The van der Waals surface area contributed by atoms with Crippen LogP contribution >= 0.6 is 0 Å². The summed E-state index contributed by atoms with van der Waals surface area (Å²) in [5.41, 5.74) is 5.45. The topological polar surface area (TPSA) is 79.2 Å². The Labute approximate surface area is 226 Å². The zero-order chi connectivity index (χ0) is 26.9. The summed E-state index contributed by atoms with van der Waals surface area (Å²) in [7, 11) is 2.15. The summed E-state index contributed by atoms with van der Waals surface area (Å²) in [4.78, 5) is 26.4. The molecule has 8 heteroatoms. The van der Waals surface area contributed by atoms with Gasteiger partial charge in [0.05, 0.1) is 23.6 Å². The molecule has 4 heterocycles. The summed E-state index contributed by atoms with van der Waals surface area (Å²) in [5, 5.41) is 7.85. The van der Waals surface area contributed by atoms with Crippen LogP contribution in [0.2, 0.25) is 0 Å². The van der Waals surface area contributed by atoms with Gasteiger partial charge < -0.3 is 15.1 Å². The van der Waals surface area contributed by atoms with Crippen LogP contribution < -0.4 is 5.32 Å². The lowest BCUT2D eigenvalue weighted by Gasteiger charge is -2.27. The first-order valence-corrected chi connectivity index (χ1v) is 13.9. The third kappa shape index (κ3) is 6.07. The van der Waals surface area contributed by atoms with E-state index in [-0.39, 0.29) is 11.3 Å². The predicted octanol–water partition coefficient (Wildman–Crippen LogP) is 5.10. The highest BCUT2D eigenvalue weighted by Crippen LogP contribution is 2.34. The molecular weight excluding hydrogens is 474 g/mol. The number of aryl methyl sites for hydroxylation is 2. The molecule has 2 saturated heterocycles. The fourth-order valence-electron chi connectivity index (χ4n) is 5.67. The largest absolute Gasteiger partial charge is 0.342 e. The van der Waals surface area contributed by atoms with Gasteiger partial charge in [0.25, 0.3) is 0 Å². The molecule has 0 bridgehead atoms. The van der Waals surface area contributed by atoms with Crippen LogP contribution in [-0.4, -0.2) is 68.7 Å². The normalized spacial score (nSPS) is 20.3. The molecule has 5 rings (SSSR count). The van der Waals surface area contributed by atoms with Gasteiger partial charge in [0.2, 0.25) is 11.9 Å². The Morgan fingerprint density at radius 1 is 1.13 bits per heavy atom. The van der Waals surface area contributed by atoms with Crippen LogP contribution in [-0.2, 0) is 11.2 Å². The van der Waals surface area contributed by atoms with Crippen molar-refractivity contribution in [1.29, 1.82) is 0 Å². The van der Waals surface area contributed by atoms with Gasteiger partial charge in [-0.3, -0.25) is 9.48 Å². The molecule has 2 aliphatic heterocycles. The van der Waals surface area contributed by atoms with Crippen molar-refractivity contribution < 1.29 is 4.79 Å². The zero-order valence-corrected chi connectivity index (χ0v) is 23.4. The van der Waals surface area contributed by atoms with Gasteiger partial charge in [-0.25, -0.2) is 9.97 Å². The summed E-state index contributed by atoms with van der Waals surface area (Å²) in [6.07, 6.45) is 9.19. The van der Waals surface area contributed by atoms with Crippen molar-refractivity contribution in [2.45, 2.75) is 59.4 Å². The minimum Gasteiger partial charge on any atom is -0.342 e. The number of benzene rings is 1. The standard InChI is InChI=1S/C30H41N7O/c1-21-16-23(7-6-22(21)8-9-28(38)36-15-11-24(18-36)30(2,3)4)27-10-13-31-29(34-27)33-25-17-32-37(19-25)26-12-14-35(5)20-26/h6-7,10,13,16-17,19,24,26H,8-9,11-12,14-15,18,20H2,1-5H3,(H,31,33,34)/t24?,26-/m1/s1. The highest BCUT2D eigenvalue weighted by Gasteiger charge is 2.33. The van der Waals surface area contributed by atoms with Gasteiger partial charge in [-0.15, -0.1) is 0 Å². The first-order valence-electron chi connectivity index (χ1n) is 13.9. The smallest absolute Gasteiger partial charge is 0.227 e. The van der Waals surface area contributed by atoms with E-state index in [1.165, 1.54) is 11.1 Å². The molecular formula is C30H41N7O. The van der Waals surface area contributed by atoms with Gasteiger partial charge >= 0.3 is 0 Å². The molecule has 3 aromatic rings. The number of aromatic nitrogens is 4. The van der Waals surface area contributed by atoms with Crippen LogP contribution in [0.5, 0.6) is 0 Å². The van der Waals surface area contributed by atoms with Crippen LogP contribution in [0.4, 0.5) is 11.6 Å². The first kappa shape index (κ1) is 26.4. The Kier molecular flexibility index (Phi) is 7.52.